The van der Waals surface area contributed by atoms with Gasteiger partial charge in [-0.3, -0.25) is 4.79 Å². The van der Waals surface area contributed by atoms with E-state index in [1.54, 1.807) is 0 Å². The van der Waals surface area contributed by atoms with Crippen molar-refractivity contribution in [1.82, 2.24) is 5.32 Å². The first-order valence-electron chi connectivity index (χ1n) is 5.22. The van der Waals surface area contributed by atoms with Gasteiger partial charge in [-0.1, -0.05) is 11.8 Å². The monoisotopic (exact) mass is 272 g/mol. The van der Waals surface area contributed by atoms with Crippen molar-refractivity contribution in [2.45, 2.75) is 6.36 Å². The quantitative estimate of drug-likeness (QED) is 0.807. The third-order valence-corrected chi connectivity index (χ3v) is 1.88. The molecule has 3 N–H and O–H groups in total. The lowest BCUT2D eigenvalue weighted by atomic mass is 10.2. The van der Waals surface area contributed by atoms with Crippen LogP contribution in [0.15, 0.2) is 24.3 Å². The highest BCUT2D eigenvalue weighted by Gasteiger charge is 2.30. The first-order valence-corrected chi connectivity index (χ1v) is 5.22. The van der Waals surface area contributed by atoms with Crippen molar-refractivity contribution in [2.75, 3.05) is 13.1 Å². The summed E-state index contributed by atoms with van der Waals surface area (Å²) >= 11 is 0. The smallest absolute Gasteiger partial charge is 0.406 e. The molecule has 0 fully saturated rings. The minimum absolute atomic E-state index is 0.120. The van der Waals surface area contributed by atoms with Crippen LogP contribution in [-0.4, -0.2) is 25.4 Å². The zero-order valence-corrected chi connectivity index (χ0v) is 9.75. The van der Waals surface area contributed by atoms with Crippen molar-refractivity contribution >= 4 is 5.91 Å². The van der Waals surface area contributed by atoms with Gasteiger partial charge in [0.25, 0.3) is 0 Å². The predicted molar refractivity (Wildman–Crippen MR) is 62.1 cm³/mol. The Morgan fingerprint density at radius 2 is 1.95 bits per heavy atom. The first kappa shape index (κ1) is 14.9. The summed E-state index contributed by atoms with van der Waals surface area (Å²) in [5.74, 6) is 4.66. The Balaban J connectivity index is 2.53. The number of benzene rings is 1. The first-order chi connectivity index (χ1) is 8.90. The van der Waals surface area contributed by atoms with Gasteiger partial charge in [-0.05, 0) is 24.3 Å². The number of carbonyl (C=O) groups is 1. The summed E-state index contributed by atoms with van der Waals surface area (Å²) in [4.78, 5) is 10.8. The van der Waals surface area contributed by atoms with Crippen LogP contribution in [0.1, 0.15) is 5.56 Å². The van der Waals surface area contributed by atoms with E-state index < -0.39 is 6.36 Å². The molecular formula is C12H11F3N2O2. The van der Waals surface area contributed by atoms with Gasteiger partial charge in [0.2, 0.25) is 5.91 Å². The summed E-state index contributed by atoms with van der Waals surface area (Å²) in [6.45, 7) is 0.00198. The molecule has 0 atom stereocenters. The van der Waals surface area contributed by atoms with Gasteiger partial charge < -0.3 is 15.8 Å². The van der Waals surface area contributed by atoms with Gasteiger partial charge in [0.15, 0.2) is 0 Å². The van der Waals surface area contributed by atoms with Gasteiger partial charge >= 0.3 is 6.36 Å². The number of ether oxygens (including phenoxy) is 1. The van der Waals surface area contributed by atoms with Gasteiger partial charge in [0.05, 0.1) is 13.1 Å². The number of hydrogen-bond donors (Lipinski definition) is 2. The Morgan fingerprint density at radius 3 is 2.47 bits per heavy atom. The summed E-state index contributed by atoms with van der Waals surface area (Å²) in [7, 11) is 0. The normalized spacial score (nSPS) is 10.3. The van der Waals surface area contributed by atoms with E-state index in [0.717, 1.165) is 12.1 Å². The summed E-state index contributed by atoms with van der Waals surface area (Å²) in [6, 6.07) is 5.10. The van der Waals surface area contributed by atoms with Gasteiger partial charge in [-0.25, -0.2) is 0 Å². The molecule has 1 aromatic rings. The zero-order valence-electron chi connectivity index (χ0n) is 9.75. The lowest BCUT2D eigenvalue weighted by Gasteiger charge is -2.07. The van der Waals surface area contributed by atoms with E-state index >= 15 is 0 Å². The average molecular weight is 272 g/mol. The van der Waals surface area contributed by atoms with E-state index in [1.165, 1.54) is 12.1 Å². The molecule has 0 saturated heterocycles. The molecule has 0 unspecified atom stereocenters. The second-order valence-electron chi connectivity index (χ2n) is 3.35. The Kier molecular flexibility index (Phi) is 5.21. The van der Waals surface area contributed by atoms with Crippen molar-refractivity contribution in [3.63, 3.8) is 0 Å². The fraction of sp³-hybridized carbons (Fsp3) is 0.250. The maximum absolute atomic E-state index is 11.9. The molecule has 7 heteroatoms. The van der Waals surface area contributed by atoms with Crippen molar-refractivity contribution < 1.29 is 22.7 Å². The third kappa shape index (κ3) is 6.33. The molecule has 1 amide bonds. The van der Waals surface area contributed by atoms with Crippen LogP contribution in [0.5, 0.6) is 5.75 Å². The van der Waals surface area contributed by atoms with Gasteiger partial charge in [0, 0.05) is 5.56 Å². The van der Waals surface area contributed by atoms with Crippen LogP contribution in [0.4, 0.5) is 13.2 Å². The number of nitrogens with one attached hydrogen (secondary N) is 1. The third-order valence-electron chi connectivity index (χ3n) is 1.88. The molecule has 19 heavy (non-hydrogen) atoms. The Labute approximate surface area is 107 Å². The number of carbonyl (C=O) groups excluding carboxylic acids is 1. The molecule has 0 saturated carbocycles. The molecule has 0 aliphatic rings. The van der Waals surface area contributed by atoms with Gasteiger partial charge in [-0.2, -0.15) is 0 Å². The van der Waals surface area contributed by atoms with E-state index in [9.17, 15) is 18.0 Å². The molecule has 4 nitrogen and oxygen atoms in total. The maximum Gasteiger partial charge on any atom is 0.573 e. The molecule has 0 heterocycles. The molecule has 0 radical (unpaired) electrons. The van der Waals surface area contributed by atoms with Crippen LogP contribution in [0.2, 0.25) is 0 Å². The predicted octanol–water partition coefficient (Wildman–Crippen LogP) is 1.01. The lowest BCUT2D eigenvalue weighted by molar-refractivity contribution is -0.274. The van der Waals surface area contributed by atoms with Crippen LogP contribution in [0, 0.1) is 11.8 Å². The molecule has 0 aliphatic heterocycles. The summed E-state index contributed by atoms with van der Waals surface area (Å²) in [5.41, 5.74) is 5.58. The molecule has 0 bridgehead atoms. The molecule has 102 valence electrons. The van der Waals surface area contributed by atoms with Crippen molar-refractivity contribution in [3.8, 4) is 17.6 Å². The topological polar surface area (TPSA) is 64.4 Å². The Morgan fingerprint density at radius 1 is 1.32 bits per heavy atom. The molecule has 1 aromatic carbocycles. The molecule has 1 rings (SSSR count). The second-order valence-corrected chi connectivity index (χ2v) is 3.35. The lowest BCUT2D eigenvalue weighted by Crippen LogP contribution is -2.30. The number of nitrogens with two attached hydrogens (primary N) is 1. The van der Waals surface area contributed by atoms with Crippen LogP contribution in [0.25, 0.3) is 0 Å². The fourth-order valence-corrected chi connectivity index (χ4v) is 1.10. The number of halogens is 3. The van der Waals surface area contributed by atoms with E-state index in [1.807, 2.05) is 0 Å². The highest BCUT2D eigenvalue weighted by molar-refractivity contribution is 5.77. The van der Waals surface area contributed by atoms with Crippen molar-refractivity contribution in [3.05, 3.63) is 29.8 Å². The Hall–Kier alpha value is -2.20. The SMILES string of the molecule is NCC(=O)NCC#Cc1ccc(OC(F)(F)F)cc1. The minimum Gasteiger partial charge on any atom is -0.406 e. The van der Waals surface area contributed by atoms with Gasteiger partial charge in [-0.15, -0.1) is 13.2 Å². The molecular weight excluding hydrogens is 261 g/mol. The highest BCUT2D eigenvalue weighted by Crippen LogP contribution is 2.22. The highest BCUT2D eigenvalue weighted by atomic mass is 19.4. The van der Waals surface area contributed by atoms with E-state index in [-0.39, 0.29) is 24.7 Å². The maximum atomic E-state index is 11.9. The van der Waals surface area contributed by atoms with Gasteiger partial charge in [0.1, 0.15) is 5.75 Å². The van der Waals surface area contributed by atoms with Crippen LogP contribution in [-0.2, 0) is 4.79 Å². The van der Waals surface area contributed by atoms with E-state index in [0.29, 0.717) is 5.56 Å². The summed E-state index contributed by atoms with van der Waals surface area (Å²) in [6.07, 6.45) is -4.71. The Bertz CT molecular complexity index is 486. The van der Waals surface area contributed by atoms with E-state index in [4.69, 9.17) is 5.73 Å². The van der Waals surface area contributed by atoms with Crippen LogP contribution < -0.4 is 15.8 Å². The second kappa shape index (κ2) is 6.66. The number of amides is 1. The van der Waals surface area contributed by atoms with Crippen LogP contribution in [0.3, 0.4) is 0 Å². The summed E-state index contributed by atoms with van der Waals surface area (Å²) < 4.78 is 39.4. The van der Waals surface area contributed by atoms with Crippen LogP contribution >= 0.6 is 0 Å². The minimum atomic E-state index is -4.71. The largest absolute Gasteiger partial charge is 0.573 e. The zero-order chi connectivity index (χ0) is 14.3. The number of alkyl halides is 3. The molecule has 0 spiro atoms. The fourth-order valence-electron chi connectivity index (χ4n) is 1.10. The molecule has 0 aliphatic carbocycles. The summed E-state index contributed by atoms with van der Waals surface area (Å²) in [5, 5.41) is 2.43. The number of rotatable bonds is 3. The standard InChI is InChI=1S/C12H11F3N2O2/c13-12(14,15)19-10-5-3-9(4-6-10)2-1-7-17-11(18)8-16/h3-6H,7-8,16H2,(H,17,18). The van der Waals surface area contributed by atoms with Crippen molar-refractivity contribution in [1.29, 1.82) is 0 Å². The molecule has 0 aromatic heterocycles. The number of hydrogen-bond acceptors (Lipinski definition) is 3. The van der Waals surface area contributed by atoms with Crippen molar-refractivity contribution in [2.24, 2.45) is 5.73 Å². The average Bonchev–Trinajstić information content (AvgIpc) is 2.34. The van der Waals surface area contributed by atoms with E-state index in [2.05, 4.69) is 21.9 Å².